The summed E-state index contributed by atoms with van der Waals surface area (Å²) < 4.78 is 11.2. The van der Waals surface area contributed by atoms with Crippen molar-refractivity contribution in [3.05, 3.63) is 77.3 Å². The number of nitrogens with one attached hydrogen (secondary N) is 1. The van der Waals surface area contributed by atoms with Crippen LogP contribution < -0.4 is 19.7 Å². The van der Waals surface area contributed by atoms with E-state index >= 15 is 0 Å². The van der Waals surface area contributed by atoms with Crippen LogP contribution in [0.25, 0.3) is 0 Å². The molecule has 1 N–H and O–H groups in total. The third-order valence-corrected chi connectivity index (χ3v) is 4.76. The highest BCUT2D eigenvalue weighted by molar-refractivity contribution is 6.31. The summed E-state index contributed by atoms with van der Waals surface area (Å²) in [6.45, 7) is 1.88. The zero-order chi connectivity index (χ0) is 21.1. The van der Waals surface area contributed by atoms with Crippen molar-refractivity contribution in [1.29, 1.82) is 0 Å². The second-order valence-corrected chi connectivity index (χ2v) is 7.34. The Hall–Kier alpha value is -3.51. The molecule has 30 heavy (non-hydrogen) atoms. The lowest BCUT2D eigenvalue weighted by atomic mass is 10.1. The van der Waals surface area contributed by atoms with Gasteiger partial charge in [0.05, 0.1) is 17.9 Å². The van der Waals surface area contributed by atoms with E-state index in [4.69, 9.17) is 21.1 Å². The lowest BCUT2D eigenvalue weighted by Gasteiger charge is -2.29. The van der Waals surface area contributed by atoms with Gasteiger partial charge in [-0.1, -0.05) is 35.9 Å². The monoisotopic (exact) mass is 422 g/mol. The van der Waals surface area contributed by atoms with Crippen LogP contribution in [0.15, 0.2) is 66.7 Å². The highest BCUT2D eigenvalue weighted by atomic mass is 35.5. The maximum absolute atomic E-state index is 12.8. The van der Waals surface area contributed by atoms with E-state index in [0.29, 0.717) is 33.6 Å². The Morgan fingerprint density at radius 3 is 2.73 bits per heavy atom. The van der Waals surface area contributed by atoms with Crippen LogP contribution in [0.5, 0.6) is 17.2 Å². The maximum atomic E-state index is 12.8. The number of ether oxygens (including phenoxy) is 2. The van der Waals surface area contributed by atoms with Crippen LogP contribution >= 0.6 is 11.6 Å². The summed E-state index contributed by atoms with van der Waals surface area (Å²) in [6, 6.07) is 19.8. The molecule has 0 saturated heterocycles. The van der Waals surface area contributed by atoms with Crippen molar-refractivity contribution in [3.63, 3.8) is 0 Å². The second kappa shape index (κ2) is 8.47. The number of rotatable bonds is 5. The Bertz CT molecular complexity index is 1100. The summed E-state index contributed by atoms with van der Waals surface area (Å²) >= 11 is 6.12. The van der Waals surface area contributed by atoms with Crippen molar-refractivity contribution in [3.8, 4) is 17.2 Å². The molecular weight excluding hydrogens is 404 g/mol. The predicted octanol–water partition coefficient (Wildman–Crippen LogP) is 4.80. The van der Waals surface area contributed by atoms with E-state index in [1.54, 1.807) is 29.2 Å². The van der Waals surface area contributed by atoms with Crippen molar-refractivity contribution in [2.45, 2.75) is 6.92 Å². The molecule has 0 aromatic heterocycles. The van der Waals surface area contributed by atoms with E-state index in [9.17, 15) is 9.59 Å². The number of amides is 1. The van der Waals surface area contributed by atoms with Crippen LogP contribution in [0.3, 0.4) is 0 Å². The molecule has 1 heterocycles. The van der Waals surface area contributed by atoms with Gasteiger partial charge in [-0.3, -0.25) is 4.79 Å². The van der Waals surface area contributed by atoms with Crippen molar-refractivity contribution in [1.82, 2.24) is 0 Å². The molecule has 0 atom stereocenters. The summed E-state index contributed by atoms with van der Waals surface area (Å²) in [6.07, 6.45) is 0. The normalized spacial score (nSPS) is 12.7. The van der Waals surface area contributed by atoms with Gasteiger partial charge in [-0.2, -0.15) is 0 Å². The fourth-order valence-corrected chi connectivity index (χ4v) is 3.34. The first-order valence-corrected chi connectivity index (χ1v) is 9.74. The van der Waals surface area contributed by atoms with Crippen molar-refractivity contribution in [2.24, 2.45) is 0 Å². The molecule has 0 aliphatic carbocycles. The number of anilines is 2. The SMILES string of the molecule is Cc1ccc2c(c1)OC(=O)CN2CC(=O)Nc1cc(Cl)ccc1Oc1ccccc1. The number of fused-ring (bicyclic) bond motifs is 1. The molecule has 3 aromatic rings. The number of nitrogens with zero attached hydrogens (tertiary/aromatic N) is 1. The summed E-state index contributed by atoms with van der Waals surface area (Å²) in [5.41, 5.74) is 2.11. The fraction of sp³-hybridized carbons (Fsp3) is 0.130. The number of aryl methyl sites for hydroxylation is 1. The molecule has 0 fully saturated rings. The van der Waals surface area contributed by atoms with E-state index in [1.807, 2.05) is 49.4 Å². The topological polar surface area (TPSA) is 67.9 Å². The number of benzene rings is 3. The van der Waals surface area contributed by atoms with Crippen LogP contribution in [0.4, 0.5) is 11.4 Å². The minimum absolute atomic E-state index is 0.00754. The molecule has 6 nitrogen and oxygen atoms in total. The van der Waals surface area contributed by atoms with Gasteiger partial charge in [0.2, 0.25) is 5.91 Å². The third-order valence-electron chi connectivity index (χ3n) is 4.52. The quantitative estimate of drug-likeness (QED) is 0.472. The van der Waals surface area contributed by atoms with Crippen molar-refractivity contribution < 1.29 is 19.1 Å². The Balaban J connectivity index is 1.52. The van der Waals surface area contributed by atoms with Crippen LogP contribution in [-0.4, -0.2) is 25.0 Å². The van der Waals surface area contributed by atoms with E-state index in [0.717, 1.165) is 5.56 Å². The lowest BCUT2D eigenvalue weighted by molar-refractivity contribution is -0.133. The number of carbonyl (C=O) groups excluding carboxylic acids is 2. The molecule has 1 aliphatic rings. The van der Waals surface area contributed by atoms with Gasteiger partial charge in [-0.15, -0.1) is 0 Å². The number of halogens is 1. The first-order valence-electron chi connectivity index (χ1n) is 9.36. The molecule has 3 aromatic carbocycles. The van der Waals surface area contributed by atoms with E-state index in [2.05, 4.69) is 5.32 Å². The first-order chi connectivity index (χ1) is 14.5. The van der Waals surface area contributed by atoms with Gasteiger partial charge < -0.3 is 19.7 Å². The van der Waals surface area contributed by atoms with Crippen LogP contribution in [0, 0.1) is 6.92 Å². The molecule has 0 spiro atoms. The van der Waals surface area contributed by atoms with Crippen LogP contribution in [0.1, 0.15) is 5.56 Å². The smallest absolute Gasteiger partial charge is 0.331 e. The first kappa shape index (κ1) is 19.8. The van der Waals surface area contributed by atoms with E-state index in [-0.39, 0.29) is 19.0 Å². The molecule has 0 radical (unpaired) electrons. The number of esters is 1. The maximum Gasteiger partial charge on any atom is 0.331 e. The standard InChI is InChI=1S/C23H19ClN2O4/c1-15-7-9-19-21(11-15)30-23(28)14-26(19)13-22(27)25-18-12-16(24)8-10-20(18)29-17-5-3-2-4-6-17/h2-12H,13-14H2,1H3,(H,25,27). The zero-order valence-corrected chi connectivity index (χ0v) is 17.0. The summed E-state index contributed by atoms with van der Waals surface area (Å²) in [5, 5.41) is 3.30. The predicted molar refractivity (Wildman–Crippen MR) is 116 cm³/mol. The van der Waals surface area contributed by atoms with E-state index < -0.39 is 5.97 Å². The molecule has 0 unspecified atom stereocenters. The van der Waals surface area contributed by atoms with Crippen LogP contribution in [-0.2, 0) is 9.59 Å². The average Bonchev–Trinajstić information content (AvgIpc) is 2.70. The van der Waals surface area contributed by atoms with Gasteiger partial charge in [-0.25, -0.2) is 4.79 Å². The van der Waals surface area contributed by atoms with Crippen molar-refractivity contribution in [2.75, 3.05) is 23.3 Å². The highest BCUT2D eigenvalue weighted by Gasteiger charge is 2.26. The molecule has 152 valence electrons. The summed E-state index contributed by atoms with van der Waals surface area (Å²) in [4.78, 5) is 26.4. The van der Waals surface area contributed by atoms with E-state index in [1.165, 1.54) is 0 Å². The molecule has 1 aliphatic heterocycles. The average molecular weight is 423 g/mol. The molecule has 7 heteroatoms. The Morgan fingerprint density at radius 2 is 1.93 bits per heavy atom. The number of para-hydroxylation sites is 1. The molecule has 1 amide bonds. The summed E-state index contributed by atoms with van der Waals surface area (Å²) in [7, 11) is 0. The van der Waals surface area contributed by atoms with Gasteiger partial charge in [-0.05, 0) is 55.0 Å². The third kappa shape index (κ3) is 4.55. The van der Waals surface area contributed by atoms with Gasteiger partial charge in [0, 0.05) is 5.02 Å². The molecular formula is C23H19ClN2O4. The molecule has 0 saturated carbocycles. The van der Waals surface area contributed by atoms with Gasteiger partial charge >= 0.3 is 5.97 Å². The van der Waals surface area contributed by atoms with Gasteiger partial charge in [0.1, 0.15) is 12.3 Å². The zero-order valence-electron chi connectivity index (χ0n) is 16.2. The Labute approximate surface area is 179 Å². The molecule has 0 bridgehead atoms. The summed E-state index contributed by atoms with van der Waals surface area (Å²) in [5.74, 6) is 0.842. The van der Waals surface area contributed by atoms with Gasteiger partial charge in [0.15, 0.2) is 11.5 Å². The lowest BCUT2D eigenvalue weighted by Crippen LogP contribution is -2.41. The largest absolute Gasteiger partial charge is 0.455 e. The minimum Gasteiger partial charge on any atom is -0.455 e. The molecule has 4 rings (SSSR count). The highest BCUT2D eigenvalue weighted by Crippen LogP contribution is 2.34. The minimum atomic E-state index is -0.406. The van der Waals surface area contributed by atoms with Crippen molar-refractivity contribution >= 4 is 34.9 Å². The number of hydrogen-bond donors (Lipinski definition) is 1. The number of carbonyl (C=O) groups is 2. The fourth-order valence-electron chi connectivity index (χ4n) is 3.17. The van der Waals surface area contributed by atoms with Crippen LogP contribution in [0.2, 0.25) is 5.02 Å². The second-order valence-electron chi connectivity index (χ2n) is 6.91. The Kier molecular flexibility index (Phi) is 5.59. The van der Waals surface area contributed by atoms with Gasteiger partial charge in [0.25, 0.3) is 0 Å². The number of hydrogen-bond acceptors (Lipinski definition) is 5. The Morgan fingerprint density at radius 1 is 1.13 bits per heavy atom.